The van der Waals surface area contributed by atoms with Gasteiger partial charge in [-0.15, -0.1) is 0 Å². The van der Waals surface area contributed by atoms with Crippen molar-refractivity contribution in [1.82, 2.24) is 4.90 Å². The molecule has 7 heteroatoms. The topological polar surface area (TPSA) is 29.5 Å². The monoisotopic (exact) mass is 387 g/mol. The van der Waals surface area contributed by atoms with E-state index in [1.165, 1.54) is 11.0 Å². The molecule has 1 atom stereocenters. The lowest BCUT2D eigenvalue weighted by Gasteiger charge is -2.46. The standard InChI is InChI=1S/C19H21ClF3NO2/c1-11(2)26-10-18(19(21,22)23)15-6-7-24(3)17(25)14(15)8-12-4-5-13(20)9-16(12)18/h4-5,9,11H,6-8,10H2,1-3H3. The fourth-order valence-electron chi connectivity index (χ4n) is 3.86. The summed E-state index contributed by atoms with van der Waals surface area (Å²) in [6, 6.07) is 4.52. The van der Waals surface area contributed by atoms with Gasteiger partial charge >= 0.3 is 6.18 Å². The van der Waals surface area contributed by atoms with Gasteiger partial charge in [0.2, 0.25) is 5.91 Å². The van der Waals surface area contributed by atoms with Gasteiger partial charge in [0.1, 0.15) is 5.41 Å². The van der Waals surface area contributed by atoms with Crippen LogP contribution >= 0.6 is 11.6 Å². The Kier molecular flexibility index (Phi) is 4.86. The molecule has 0 saturated heterocycles. The number of carbonyl (C=O) groups excluding carboxylic acids is 1. The van der Waals surface area contributed by atoms with E-state index in [1.807, 2.05) is 0 Å². The molecular formula is C19H21ClF3NO2. The second-order valence-electron chi connectivity index (χ2n) is 7.17. The van der Waals surface area contributed by atoms with E-state index < -0.39 is 18.2 Å². The quantitative estimate of drug-likeness (QED) is 0.774. The number of alkyl halides is 3. The molecule has 1 unspecified atom stereocenters. The molecule has 142 valence electrons. The Labute approximate surface area is 155 Å². The van der Waals surface area contributed by atoms with Crippen LogP contribution in [0.25, 0.3) is 0 Å². The van der Waals surface area contributed by atoms with Gasteiger partial charge in [-0.1, -0.05) is 17.7 Å². The van der Waals surface area contributed by atoms with Gasteiger partial charge in [-0.05, 0) is 49.1 Å². The molecule has 0 fully saturated rings. The van der Waals surface area contributed by atoms with Gasteiger partial charge in [0.05, 0.1) is 12.7 Å². The van der Waals surface area contributed by atoms with E-state index in [0.29, 0.717) is 5.56 Å². The maximum Gasteiger partial charge on any atom is 0.404 e. The summed E-state index contributed by atoms with van der Waals surface area (Å²) in [5.74, 6) is -0.343. The molecule has 3 nitrogen and oxygen atoms in total. The summed E-state index contributed by atoms with van der Waals surface area (Å²) in [7, 11) is 1.61. The van der Waals surface area contributed by atoms with E-state index in [4.69, 9.17) is 16.3 Å². The normalized spacial score (nSPS) is 23.4. The first-order chi connectivity index (χ1) is 12.1. The highest BCUT2D eigenvalue weighted by atomic mass is 35.5. The van der Waals surface area contributed by atoms with Crippen molar-refractivity contribution in [2.45, 2.75) is 44.4 Å². The minimum absolute atomic E-state index is 0.106. The van der Waals surface area contributed by atoms with Crippen LogP contribution in [0.1, 0.15) is 31.4 Å². The highest BCUT2D eigenvalue weighted by Gasteiger charge is 2.62. The number of rotatable bonds is 3. The maximum atomic E-state index is 14.6. The van der Waals surface area contributed by atoms with Gasteiger partial charge in [0.25, 0.3) is 0 Å². The minimum Gasteiger partial charge on any atom is -0.377 e. The fourth-order valence-corrected chi connectivity index (χ4v) is 4.03. The summed E-state index contributed by atoms with van der Waals surface area (Å²) < 4.78 is 49.2. The fraction of sp³-hybridized carbons (Fsp3) is 0.526. The molecule has 1 aromatic rings. The molecule has 3 rings (SSSR count). The first kappa shape index (κ1) is 19.2. The molecule has 1 aliphatic carbocycles. The number of amides is 1. The van der Waals surface area contributed by atoms with Gasteiger partial charge in [0, 0.05) is 30.6 Å². The maximum absolute atomic E-state index is 14.6. The molecule has 1 heterocycles. The Bertz CT molecular complexity index is 773. The van der Waals surface area contributed by atoms with Crippen LogP contribution in [0.2, 0.25) is 5.02 Å². The summed E-state index contributed by atoms with van der Waals surface area (Å²) in [4.78, 5) is 14.1. The number of ether oxygens (including phenoxy) is 1. The van der Waals surface area contributed by atoms with Crippen molar-refractivity contribution in [3.05, 3.63) is 45.5 Å². The van der Waals surface area contributed by atoms with Crippen molar-refractivity contribution < 1.29 is 22.7 Å². The van der Waals surface area contributed by atoms with Crippen LogP contribution in [0.4, 0.5) is 13.2 Å². The molecule has 26 heavy (non-hydrogen) atoms. The average molecular weight is 388 g/mol. The van der Waals surface area contributed by atoms with Gasteiger partial charge in [0.15, 0.2) is 0 Å². The Morgan fingerprint density at radius 2 is 2.04 bits per heavy atom. The summed E-state index contributed by atoms with van der Waals surface area (Å²) >= 11 is 6.04. The van der Waals surface area contributed by atoms with Gasteiger partial charge in [-0.2, -0.15) is 13.2 Å². The van der Waals surface area contributed by atoms with Crippen LogP contribution in [0.5, 0.6) is 0 Å². The number of benzene rings is 1. The molecule has 2 aliphatic rings. The summed E-state index contributed by atoms with van der Waals surface area (Å²) in [6.45, 7) is 3.09. The van der Waals surface area contributed by atoms with Crippen LogP contribution in [0.15, 0.2) is 29.3 Å². The molecule has 0 saturated carbocycles. The van der Waals surface area contributed by atoms with Crippen LogP contribution in [0, 0.1) is 0 Å². The van der Waals surface area contributed by atoms with Gasteiger partial charge in [-0.3, -0.25) is 4.79 Å². The zero-order valence-electron chi connectivity index (χ0n) is 14.9. The lowest BCUT2D eigenvalue weighted by molar-refractivity contribution is -0.198. The molecule has 0 N–H and O–H groups in total. The largest absolute Gasteiger partial charge is 0.404 e. The van der Waals surface area contributed by atoms with Crippen LogP contribution in [-0.4, -0.2) is 43.3 Å². The Morgan fingerprint density at radius 3 is 2.65 bits per heavy atom. The van der Waals surface area contributed by atoms with Crippen molar-refractivity contribution in [2.24, 2.45) is 0 Å². The van der Waals surface area contributed by atoms with Crippen LogP contribution in [0.3, 0.4) is 0 Å². The predicted molar refractivity (Wildman–Crippen MR) is 93.3 cm³/mol. The summed E-state index contributed by atoms with van der Waals surface area (Å²) in [5, 5.41) is 0.241. The second kappa shape index (κ2) is 6.57. The van der Waals surface area contributed by atoms with E-state index in [0.717, 1.165) is 0 Å². The third kappa shape index (κ3) is 2.93. The number of halogens is 4. The number of fused-ring (bicyclic) bond motifs is 1. The Balaban J connectivity index is 2.30. The second-order valence-corrected chi connectivity index (χ2v) is 7.61. The van der Waals surface area contributed by atoms with Crippen LogP contribution < -0.4 is 0 Å². The molecule has 0 bridgehead atoms. The van der Waals surface area contributed by atoms with Gasteiger partial charge in [-0.25, -0.2) is 0 Å². The van der Waals surface area contributed by atoms with Crippen molar-refractivity contribution in [3.63, 3.8) is 0 Å². The number of carbonyl (C=O) groups is 1. The minimum atomic E-state index is -4.61. The molecule has 1 amide bonds. The number of hydrogen-bond donors (Lipinski definition) is 0. The van der Waals surface area contributed by atoms with Crippen molar-refractivity contribution in [2.75, 3.05) is 20.2 Å². The highest BCUT2D eigenvalue weighted by molar-refractivity contribution is 6.30. The molecule has 0 spiro atoms. The van der Waals surface area contributed by atoms with E-state index in [9.17, 15) is 18.0 Å². The number of hydrogen-bond acceptors (Lipinski definition) is 2. The average Bonchev–Trinajstić information content (AvgIpc) is 2.54. The molecule has 1 aliphatic heterocycles. The smallest absolute Gasteiger partial charge is 0.377 e. The Hall–Kier alpha value is -1.53. The number of likely N-dealkylation sites (N-methyl/N-ethyl adjacent to an activating group) is 1. The van der Waals surface area contributed by atoms with E-state index >= 15 is 0 Å². The van der Waals surface area contributed by atoms with E-state index in [-0.39, 0.29) is 53.1 Å². The van der Waals surface area contributed by atoms with Gasteiger partial charge < -0.3 is 9.64 Å². The van der Waals surface area contributed by atoms with Crippen LogP contribution in [-0.2, 0) is 21.4 Å². The molecular weight excluding hydrogens is 367 g/mol. The highest BCUT2D eigenvalue weighted by Crippen LogP contribution is 2.54. The zero-order valence-corrected chi connectivity index (χ0v) is 15.7. The molecule has 1 aromatic carbocycles. The first-order valence-corrected chi connectivity index (χ1v) is 8.91. The first-order valence-electron chi connectivity index (χ1n) is 8.53. The lowest BCUT2D eigenvalue weighted by atomic mass is 9.64. The summed E-state index contributed by atoms with van der Waals surface area (Å²) in [5.41, 5.74) is -1.40. The lowest BCUT2D eigenvalue weighted by Crippen LogP contribution is -2.54. The summed E-state index contributed by atoms with van der Waals surface area (Å²) in [6.07, 6.45) is -4.63. The zero-order chi connectivity index (χ0) is 19.3. The van der Waals surface area contributed by atoms with Crippen molar-refractivity contribution >= 4 is 17.5 Å². The Morgan fingerprint density at radius 1 is 1.35 bits per heavy atom. The predicted octanol–water partition coefficient (Wildman–Crippen LogP) is 4.28. The third-order valence-electron chi connectivity index (χ3n) is 5.20. The SMILES string of the molecule is CC(C)OCC1(C(F)(F)F)C2=C(Cc3ccc(Cl)cc31)C(=O)N(C)CC2. The molecule has 0 aromatic heterocycles. The van der Waals surface area contributed by atoms with E-state index in [2.05, 4.69) is 0 Å². The van der Waals surface area contributed by atoms with Crippen molar-refractivity contribution in [1.29, 1.82) is 0 Å². The van der Waals surface area contributed by atoms with Crippen molar-refractivity contribution in [3.8, 4) is 0 Å². The molecule has 0 radical (unpaired) electrons. The number of nitrogens with zero attached hydrogens (tertiary/aromatic N) is 1. The third-order valence-corrected chi connectivity index (χ3v) is 5.43. The van der Waals surface area contributed by atoms with E-state index in [1.54, 1.807) is 33.0 Å².